The first-order valence-corrected chi connectivity index (χ1v) is 4.39. The van der Waals surface area contributed by atoms with Gasteiger partial charge in [0.05, 0.1) is 10.0 Å². The van der Waals surface area contributed by atoms with Gasteiger partial charge in [-0.3, -0.25) is 0 Å². The molecule has 0 amide bonds. The van der Waals surface area contributed by atoms with Crippen molar-refractivity contribution in [1.82, 2.24) is 10.2 Å². The summed E-state index contributed by atoms with van der Waals surface area (Å²) in [5.74, 6) is -1.27. The van der Waals surface area contributed by atoms with Crippen LogP contribution >= 0.6 is 15.9 Å². The van der Waals surface area contributed by atoms with Gasteiger partial charge in [0.15, 0.2) is 0 Å². The summed E-state index contributed by atoms with van der Waals surface area (Å²) in [6.07, 6.45) is 1.05. The summed E-state index contributed by atoms with van der Waals surface area (Å²) in [5.41, 5.74) is -0.0671. The van der Waals surface area contributed by atoms with Gasteiger partial charge in [0.25, 0.3) is 5.89 Å². The average molecular weight is 261 g/mol. The van der Waals surface area contributed by atoms with E-state index < -0.39 is 11.6 Å². The van der Waals surface area contributed by atoms with Crippen LogP contribution in [-0.4, -0.2) is 10.2 Å². The van der Waals surface area contributed by atoms with Crippen molar-refractivity contribution < 1.29 is 13.2 Å². The number of benzene rings is 1. The molecule has 0 atom stereocenters. The fourth-order valence-electron chi connectivity index (χ4n) is 1.01. The zero-order chi connectivity index (χ0) is 10.1. The molecule has 0 unspecified atom stereocenters. The van der Waals surface area contributed by atoms with Crippen molar-refractivity contribution in [2.24, 2.45) is 0 Å². The van der Waals surface area contributed by atoms with E-state index in [2.05, 4.69) is 26.1 Å². The van der Waals surface area contributed by atoms with Crippen LogP contribution in [0.5, 0.6) is 0 Å². The maximum Gasteiger partial charge on any atom is 0.251 e. The number of aromatic nitrogens is 2. The molecule has 0 aliphatic carbocycles. The Morgan fingerprint density at radius 3 is 2.57 bits per heavy atom. The van der Waals surface area contributed by atoms with Crippen molar-refractivity contribution in [2.45, 2.75) is 0 Å². The van der Waals surface area contributed by atoms with Crippen LogP contribution in [0.25, 0.3) is 11.5 Å². The maximum absolute atomic E-state index is 13.3. The lowest BCUT2D eigenvalue weighted by molar-refractivity contribution is 0.551. The molecule has 0 aliphatic heterocycles. The second-order valence-electron chi connectivity index (χ2n) is 2.46. The minimum absolute atomic E-state index is 0.0262. The summed E-state index contributed by atoms with van der Waals surface area (Å²) >= 11 is 2.91. The van der Waals surface area contributed by atoms with Crippen molar-refractivity contribution in [3.05, 3.63) is 34.6 Å². The monoisotopic (exact) mass is 260 g/mol. The summed E-state index contributed by atoms with van der Waals surface area (Å²) in [7, 11) is 0. The highest BCUT2D eigenvalue weighted by atomic mass is 79.9. The standard InChI is InChI=1S/C8H3BrF2N2O/c9-7-5(11)2-1-4(10)6(7)8-13-12-3-14-8/h1-3H. The Kier molecular flexibility index (Phi) is 2.28. The van der Waals surface area contributed by atoms with E-state index in [9.17, 15) is 8.78 Å². The van der Waals surface area contributed by atoms with Gasteiger partial charge >= 0.3 is 0 Å². The molecule has 6 heteroatoms. The lowest BCUT2D eigenvalue weighted by Gasteiger charge is -2.01. The summed E-state index contributed by atoms with van der Waals surface area (Å²) < 4.78 is 31.1. The third-order valence-corrected chi connectivity index (χ3v) is 2.39. The first kappa shape index (κ1) is 9.26. The summed E-state index contributed by atoms with van der Waals surface area (Å²) in [6, 6.07) is 2.01. The smallest absolute Gasteiger partial charge is 0.251 e. The molecule has 2 aromatic rings. The van der Waals surface area contributed by atoms with E-state index in [1.165, 1.54) is 0 Å². The highest BCUT2D eigenvalue weighted by Crippen LogP contribution is 2.31. The SMILES string of the molecule is Fc1ccc(F)c(-c2nnco2)c1Br. The Morgan fingerprint density at radius 1 is 1.21 bits per heavy atom. The molecule has 0 fully saturated rings. The van der Waals surface area contributed by atoms with Crippen molar-refractivity contribution >= 4 is 15.9 Å². The molecule has 0 saturated carbocycles. The molecule has 0 aliphatic rings. The molecule has 72 valence electrons. The molecule has 14 heavy (non-hydrogen) atoms. The van der Waals surface area contributed by atoms with Crippen LogP contribution in [0.2, 0.25) is 0 Å². The fraction of sp³-hybridized carbons (Fsp3) is 0. The molecular formula is C8H3BrF2N2O. The van der Waals surface area contributed by atoms with Crippen LogP contribution in [0.1, 0.15) is 0 Å². The lowest BCUT2D eigenvalue weighted by Crippen LogP contribution is -1.90. The predicted octanol–water partition coefficient (Wildman–Crippen LogP) is 2.78. The van der Waals surface area contributed by atoms with Crippen molar-refractivity contribution in [1.29, 1.82) is 0 Å². The van der Waals surface area contributed by atoms with E-state index in [0.717, 1.165) is 18.5 Å². The van der Waals surface area contributed by atoms with Gasteiger partial charge in [-0.15, -0.1) is 10.2 Å². The number of halogens is 3. The summed E-state index contributed by atoms with van der Waals surface area (Å²) in [6.45, 7) is 0. The van der Waals surface area contributed by atoms with E-state index in [0.29, 0.717) is 0 Å². The van der Waals surface area contributed by atoms with E-state index in [1.54, 1.807) is 0 Å². The Morgan fingerprint density at radius 2 is 1.93 bits per heavy atom. The lowest BCUT2D eigenvalue weighted by atomic mass is 10.2. The van der Waals surface area contributed by atoms with Crippen molar-refractivity contribution in [3.8, 4) is 11.5 Å². The third kappa shape index (κ3) is 1.41. The van der Waals surface area contributed by atoms with E-state index >= 15 is 0 Å². The molecule has 1 aromatic heterocycles. The van der Waals surface area contributed by atoms with E-state index in [4.69, 9.17) is 4.42 Å². The minimum atomic E-state index is -0.623. The second-order valence-corrected chi connectivity index (χ2v) is 3.26. The molecule has 0 bridgehead atoms. The van der Waals surface area contributed by atoms with E-state index in [-0.39, 0.29) is 15.9 Å². The predicted molar refractivity (Wildman–Crippen MR) is 47.4 cm³/mol. The van der Waals surface area contributed by atoms with Gasteiger partial charge in [-0.05, 0) is 28.1 Å². The first-order chi connectivity index (χ1) is 6.70. The molecule has 3 nitrogen and oxygen atoms in total. The number of hydrogen-bond donors (Lipinski definition) is 0. The average Bonchev–Trinajstić information content (AvgIpc) is 2.65. The number of hydrogen-bond acceptors (Lipinski definition) is 3. The Balaban J connectivity index is 2.69. The molecule has 1 aromatic carbocycles. The number of rotatable bonds is 1. The summed E-state index contributed by atoms with van der Waals surface area (Å²) in [4.78, 5) is 0. The van der Waals surface area contributed by atoms with Gasteiger partial charge < -0.3 is 4.42 Å². The van der Waals surface area contributed by atoms with Crippen LogP contribution in [0.3, 0.4) is 0 Å². The first-order valence-electron chi connectivity index (χ1n) is 3.60. The molecule has 0 spiro atoms. The highest BCUT2D eigenvalue weighted by molar-refractivity contribution is 9.10. The zero-order valence-corrected chi connectivity index (χ0v) is 8.25. The molecule has 1 heterocycles. The summed E-state index contributed by atoms with van der Waals surface area (Å²) in [5, 5.41) is 6.88. The van der Waals surface area contributed by atoms with Gasteiger partial charge in [0, 0.05) is 0 Å². The molecular weight excluding hydrogens is 258 g/mol. The maximum atomic E-state index is 13.3. The Hall–Kier alpha value is -1.30. The van der Waals surface area contributed by atoms with Crippen molar-refractivity contribution in [2.75, 3.05) is 0 Å². The largest absolute Gasteiger partial charge is 0.423 e. The van der Waals surface area contributed by atoms with Gasteiger partial charge in [-0.25, -0.2) is 8.78 Å². The fourth-order valence-corrected chi connectivity index (χ4v) is 1.50. The topological polar surface area (TPSA) is 38.9 Å². The molecule has 0 radical (unpaired) electrons. The van der Waals surface area contributed by atoms with Crippen molar-refractivity contribution in [3.63, 3.8) is 0 Å². The molecule has 0 N–H and O–H groups in total. The third-order valence-electron chi connectivity index (χ3n) is 1.62. The quantitative estimate of drug-likeness (QED) is 0.741. The van der Waals surface area contributed by atoms with Crippen LogP contribution in [0, 0.1) is 11.6 Å². The second kappa shape index (κ2) is 3.45. The molecule has 0 saturated heterocycles. The highest BCUT2D eigenvalue weighted by Gasteiger charge is 2.17. The minimum Gasteiger partial charge on any atom is -0.423 e. The molecule has 2 rings (SSSR count). The Bertz CT molecular complexity index is 459. The zero-order valence-electron chi connectivity index (χ0n) is 6.67. The normalized spacial score (nSPS) is 10.5. The van der Waals surface area contributed by atoms with Crippen LogP contribution < -0.4 is 0 Å². The van der Waals surface area contributed by atoms with Crippen LogP contribution in [-0.2, 0) is 0 Å². The van der Waals surface area contributed by atoms with Gasteiger partial charge in [0.2, 0.25) is 6.39 Å². The van der Waals surface area contributed by atoms with Gasteiger partial charge in [0.1, 0.15) is 11.6 Å². The van der Waals surface area contributed by atoms with Crippen LogP contribution in [0.4, 0.5) is 8.78 Å². The Labute approximate surface area is 85.9 Å². The number of nitrogens with zero attached hydrogens (tertiary/aromatic N) is 2. The van der Waals surface area contributed by atoms with E-state index in [1.807, 2.05) is 0 Å². The van der Waals surface area contributed by atoms with Gasteiger partial charge in [-0.1, -0.05) is 0 Å². The van der Waals surface area contributed by atoms with Gasteiger partial charge in [-0.2, -0.15) is 0 Å². The van der Waals surface area contributed by atoms with Crippen LogP contribution in [0.15, 0.2) is 27.4 Å².